The van der Waals surface area contributed by atoms with Gasteiger partial charge in [0.15, 0.2) is 0 Å². The number of nitrogen functional groups attached to an aromatic ring is 1. The predicted octanol–water partition coefficient (Wildman–Crippen LogP) is 5.14. The average molecular weight is 316 g/mol. The van der Waals surface area contributed by atoms with Crippen LogP contribution in [0.5, 0.6) is 0 Å². The minimum absolute atomic E-state index is 0.770. The Bertz CT molecular complexity index is 967. The van der Waals surface area contributed by atoms with Crippen molar-refractivity contribution in [2.45, 2.75) is 6.42 Å². The number of aromatic nitrogens is 1. The fourth-order valence-corrected chi connectivity index (χ4v) is 3.66. The maximum atomic E-state index is 5.86. The molecular formula is C20H16N2S. The summed E-state index contributed by atoms with van der Waals surface area (Å²) in [5, 5.41) is 5.81. The standard InChI is InChI=1S/C20H16N2S/c21-17-9-4-8-16(11-17)19-13-23-20(22-19)12-15-7-3-6-14-5-1-2-10-18(14)15/h1-11,13H,12,21H2. The summed E-state index contributed by atoms with van der Waals surface area (Å²) in [6.45, 7) is 0. The van der Waals surface area contributed by atoms with Gasteiger partial charge in [0, 0.05) is 23.1 Å². The molecule has 0 amide bonds. The lowest BCUT2D eigenvalue weighted by Gasteiger charge is -2.04. The van der Waals surface area contributed by atoms with Crippen LogP contribution in [0.3, 0.4) is 0 Å². The second-order valence-corrected chi connectivity index (χ2v) is 6.51. The topological polar surface area (TPSA) is 38.9 Å². The van der Waals surface area contributed by atoms with Gasteiger partial charge < -0.3 is 5.73 Å². The highest BCUT2D eigenvalue weighted by molar-refractivity contribution is 7.10. The molecule has 0 atom stereocenters. The van der Waals surface area contributed by atoms with Crippen LogP contribution in [0, 0.1) is 0 Å². The zero-order chi connectivity index (χ0) is 15.6. The molecule has 0 aliphatic rings. The molecule has 1 aromatic heterocycles. The van der Waals surface area contributed by atoms with Crippen molar-refractivity contribution in [2.75, 3.05) is 5.73 Å². The number of thiazole rings is 1. The van der Waals surface area contributed by atoms with Crippen LogP contribution in [0.2, 0.25) is 0 Å². The zero-order valence-electron chi connectivity index (χ0n) is 12.6. The molecule has 112 valence electrons. The fraction of sp³-hybridized carbons (Fsp3) is 0.0500. The molecule has 0 bridgehead atoms. The Kier molecular flexibility index (Phi) is 3.56. The third-order valence-electron chi connectivity index (χ3n) is 3.96. The molecule has 2 nitrogen and oxygen atoms in total. The van der Waals surface area contributed by atoms with Crippen molar-refractivity contribution < 1.29 is 0 Å². The largest absolute Gasteiger partial charge is 0.399 e. The van der Waals surface area contributed by atoms with E-state index in [0.29, 0.717) is 0 Å². The number of rotatable bonds is 3. The number of nitrogens with zero attached hydrogens (tertiary/aromatic N) is 1. The lowest BCUT2D eigenvalue weighted by molar-refractivity contribution is 1.15. The predicted molar refractivity (Wildman–Crippen MR) is 98.7 cm³/mol. The summed E-state index contributed by atoms with van der Waals surface area (Å²) < 4.78 is 0. The van der Waals surface area contributed by atoms with Gasteiger partial charge in [0.2, 0.25) is 0 Å². The summed E-state index contributed by atoms with van der Waals surface area (Å²) in [7, 11) is 0. The van der Waals surface area contributed by atoms with Crippen LogP contribution in [0.4, 0.5) is 5.69 Å². The van der Waals surface area contributed by atoms with E-state index in [0.717, 1.165) is 28.4 Å². The van der Waals surface area contributed by atoms with Crippen molar-refractivity contribution in [1.82, 2.24) is 4.98 Å². The molecule has 3 aromatic carbocycles. The highest BCUT2D eigenvalue weighted by Crippen LogP contribution is 2.27. The first-order valence-electron chi connectivity index (χ1n) is 7.56. The minimum Gasteiger partial charge on any atom is -0.399 e. The Labute approximate surface area is 139 Å². The summed E-state index contributed by atoms with van der Waals surface area (Å²) >= 11 is 1.70. The number of hydrogen-bond donors (Lipinski definition) is 1. The quantitative estimate of drug-likeness (QED) is 0.532. The van der Waals surface area contributed by atoms with Crippen molar-refractivity contribution in [3.63, 3.8) is 0 Å². The second-order valence-electron chi connectivity index (χ2n) is 5.57. The van der Waals surface area contributed by atoms with E-state index in [4.69, 9.17) is 10.7 Å². The Morgan fingerprint density at radius 1 is 0.913 bits per heavy atom. The average Bonchev–Trinajstić information content (AvgIpc) is 3.04. The Morgan fingerprint density at radius 3 is 2.65 bits per heavy atom. The van der Waals surface area contributed by atoms with Crippen LogP contribution >= 0.6 is 11.3 Å². The van der Waals surface area contributed by atoms with E-state index >= 15 is 0 Å². The molecule has 2 N–H and O–H groups in total. The maximum absolute atomic E-state index is 5.86. The Hall–Kier alpha value is -2.65. The monoisotopic (exact) mass is 316 g/mol. The van der Waals surface area contributed by atoms with Gasteiger partial charge in [0.1, 0.15) is 0 Å². The van der Waals surface area contributed by atoms with E-state index in [1.807, 2.05) is 24.3 Å². The van der Waals surface area contributed by atoms with E-state index in [2.05, 4.69) is 47.8 Å². The SMILES string of the molecule is Nc1cccc(-c2csc(Cc3cccc4ccccc34)n2)c1. The number of anilines is 1. The van der Waals surface area contributed by atoms with Gasteiger partial charge in [-0.25, -0.2) is 4.98 Å². The lowest BCUT2D eigenvalue weighted by Crippen LogP contribution is -1.90. The van der Waals surface area contributed by atoms with Crippen molar-refractivity contribution in [3.05, 3.63) is 82.7 Å². The van der Waals surface area contributed by atoms with Gasteiger partial charge in [0.25, 0.3) is 0 Å². The Balaban J connectivity index is 1.67. The van der Waals surface area contributed by atoms with E-state index < -0.39 is 0 Å². The number of hydrogen-bond acceptors (Lipinski definition) is 3. The lowest BCUT2D eigenvalue weighted by atomic mass is 10.0. The van der Waals surface area contributed by atoms with Crippen molar-refractivity contribution >= 4 is 27.8 Å². The highest BCUT2D eigenvalue weighted by Gasteiger charge is 2.07. The number of nitrogens with two attached hydrogens (primary N) is 1. The van der Waals surface area contributed by atoms with E-state index in [1.54, 1.807) is 11.3 Å². The van der Waals surface area contributed by atoms with E-state index in [9.17, 15) is 0 Å². The summed E-state index contributed by atoms with van der Waals surface area (Å²) in [6, 6.07) is 22.8. The summed E-state index contributed by atoms with van der Waals surface area (Å²) in [4.78, 5) is 4.79. The molecule has 1 heterocycles. The third-order valence-corrected chi connectivity index (χ3v) is 4.80. The molecule has 0 spiro atoms. The number of fused-ring (bicyclic) bond motifs is 1. The first-order chi connectivity index (χ1) is 11.3. The van der Waals surface area contributed by atoms with Gasteiger partial charge in [-0.3, -0.25) is 0 Å². The normalized spacial score (nSPS) is 11.0. The maximum Gasteiger partial charge on any atom is 0.0976 e. The summed E-state index contributed by atoms with van der Waals surface area (Å²) in [5.74, 6) is 0. The molecule has 0 aliphatic heterocycles. The molecule has 4 rings (SSSR count). The Morgan fingerprint density at radius 2 is 1.74 bits per heavy atom. The molecule has 3 heteroatoms. The first kappa shape index (κ1) is 14.0. The third kappa shape index (κ3) is 2.83. The molecule has 0 aliphatic carbocycles. The van der Waals surface area contributed by atoms with Gasteiger partial charge in [-0.05, 0) is 28.5 Å². The smallest absolute Gasteiger partial charge is 0.0976 e. The molecular weight excluding hydrogens is 300 g/mol. The molecule has 0 unspecified atom stereocenters. The summed E-state index contributed by atoms with van der Waals surface area (Å²) in [6.07, 6.45) is 0.855. The molecule has 0 fully saturated rings. The van der Waals surface area contributed by atoms with Gasteiger partial charge in [-0.1, -0.05) is 54.6 Å². The minimum atomic E-state index is 0.770. The van der Waals surface area contributed by atoms with Gasteiger partial charge in [-0.2, -0.15) is 0 Å². The van der Waals surface area contributed by atoms with Crippen LogP contribution in [0.1, 0.15) is 10.6 Å². The van der Waals surface area contributed by atoms with Gasteiger partial charge in [0.05, 0.1) is 10.7 Å². The van der Waals surface area contributed by atoms with Crippen LogP contribution in [-0.4, -0.2) is 4.98 Å². The highest BCUT2D eigenvalue weighted by atomic mass is 32.1. The van der Waals surface area contributed by atoms with Gasteiger partial charge in [-0.15, -0.1) is 11.3 Å². The van der Waals surface area contributed by atoms with Crippen LogP contribution in [-0.2, 0) is 6.42 Å². The number of benzene rings is 3. The molecule has 23 heavy (non-hydrogen) atoms. The van der Waals surface area contributed by atoms with Crippen LogP contribution in [0.25, 0.3) is 22.0 Å². The fourth-order valence-electron chi connectivity index (χ4n) is 2.83. The van der Waals surface area contributed by atoms with E-state index in [-0.39, 0.29) is 0 Å². The van der Waals surface area contributed by atoms with Gasteiger partial charge >= 0.3 is 0 Å². The first-order valence-corrected chi connectivity index (χ1v) is 8.44. The zero-order valence-corrected chi connectivity index (χ0v) is 13.4. The molecule has 0 radical (unpaired) electrons. The second kappa shape index (κ2) is 5.86. The molecule has 0 saturated heterocycles. The van der Waals surface area contributed by atoms with Crippen LogP contribution in [0.15, 0.2) is 72.1 Å². The van der Waals surface area contributed by atoms with Crippen molar-refractivity contribution in [2.24, 2.45) is 0 Å². The van der Waals surface area contributed by atoms with E-state index in [1.165, 1.54) is 16.3 Å². The van der Waals surface area contributed by atoms with Crippen LogP contribution < -0.4 is 5.73 Å². The summed E-state index contributed by atoms with van der Waals surface area (Å²) in [5.41, 5.74) is 10.0. The van der Waals surface area contributed by atoms with Crippen molar-refractivity contribution in [1.29, 1.82) is 0 Å². The molecule has 0 saturated carbocycles. The van der Waals surface area contributed by atoms with Crippen molar-refractivity contribution in [3.8, 4) is 11.3 Å². The molecule has 4 aromatic rings.